The lowest BCUT2D eigenvalue weighted by Gasteiger charge is -2.14. The van der Waals surface area contributed by atoms with Gasteiger partial charge in [-0.3, -0.25) is 4.79 Å². The molecule has 0 amide bonds. The Kier molecular flexibility index (Phi) is 3.69. The fourth-order valence-electron chi connectivity index (χ4n) is 4.70. The van der Waals surface area contributed by atoms with E-state index in [1.54, 1.807) is 0 Å². The van der Waals surface area contributed by atoms with Gasteiger partial charge in [0, 0.05) is 16.7 Å². The van der Waals surface area contributed by atoms with Crippen molar-refractivity contribution < 1.29 is 4.79 Å². The van der Waals surface area contributed by atoms with Crippen molar-refractivity contribution in [1.82, 2.24) is 0 Å². The summed E-state index contributed by atoms with van der Waals surface area (Å²) in [7, 11) is 0. The molecule has 140 valence electrons. The first-order chi connectivity index (χ1) is 14.8. The van der Waals surface area contributed by atoms with Crippen molar-refractivity contribution in [2.45, 2.75) is 0 Å². The molecule has 5 aromatic carbocycles. The zero-order valence-corrected chi connectivity index (χ0v) is 16.3. The van der Waals surface area contributed by atoms with Gasteiger partial charge in [0.2, 0.25) is 0 Å². The van der Waals surface area contributed by atoms with Crippen LogP contribution < -0.4 is 0 Å². The summed E-state index contributed by atoms with van der Waals surface area (Å²) in [5.41, 5.74) is 5.69. The van der Waals surface area contributed by atoms with Crippen LogP contribution >= 0.6 is 0 Å². The van der Waals surface area contributed by atoms with Crippen molar-refractivity contribution in [3.8, 4) is 0 Å². The highest BCUT2D eigenvalue weighted by molar-refractivity contribution is 6.42. The van der Waals surface area contributed by atoms with E-state index in [2.05, 4.69) is 60.7 Å². The van der Waals surface area contributed by atoms with Crippen molar-refractivity contribution in [2.75, 3.05) is 0 Å². The van der Waals surface area contributed by atoms with Gasteiger partial charge >= 0.3 is 0 Å². The van der Waals surface area contributed by atoms with Crippen LogP contribution in [0.4, 0.5) is 0 Å². The molecule has 0 bridgehead atoms. The van der Waals surface area contributed by atoms with Crippen molar-refractivity contribution in [2.24, 2.45) is 0 Å². The number of ketones is 1. The fraction of sp³-hybridized carbons (Fsp3) is 0. The number of benzene rings is 5. The zero-order chi connectivity index (χ0) is 20.1. The van der Waals surface area contributed by atoms with Crippen LogP contribution in [0.15, 0.2) is 109 Å². The van der Waals surface area contributed by atoms with Crippen LogP contribution in [0, 0.1) is 0 Å². The first kappa shape index (κ1) is 16.9. The summed E-state index contributed by atoms with van der Waals surface area (Å²) < 4.78 is 0. The van der Waals surface area contributed by atoms with Gasteiger partial charge in [-0.15, -0.1) is 0 Å². The summed E-state index contributed by atoms with van der Waals surface area (Å²) >= 11 is 0. The van der Waals surface area contributed by atoms with Gasteiger partial charge in [-0.2, -0.15) is 0 Å². The number of allylic oxidation sites excluding steroid dienone is 1. The van der Waals surface area contributed by atoms with Gasteiger partial charge in [-0.1, -0.05) is 103 Å². The van der Waals surface area contributed by atoms with Gasteiger partial charge in [-0.05, 0) is 44.3 Å². The molecule has 5 aromatic rings. The smallest absolute Gasteiger partial charge is 0.194 e. The molecule has 0 heterocycles. The van der Waals surface area contributed by atoms with E-state index in [9.17, 15) is 4.79 Å². The van der Waals surface area contributed by atoms with Gasteiger partial charge in [0.15, 0.2) is 5.78 Å². The highest BCUT2D eigenvalue weighted by atomic mass is 16.1. The van der Waals surface area contributed by atoms with E-state index in [1.165, 1.54) is 21.5 Å². The Morgan fingerprint density at radius 1 is 0.433 bits per heavy atom. The Hall–Kier alpha value is -3.97. The van der Waals surface area contributed by atoms with E-state index in [0.717, 1.165) is 33.4 Å². The second kappa shape index (κ2) is 6.53. The van der Waals surface area contributed by atoms with Gasteiger partial charge in [0.25, 0.3) is 0 Å². The summed E-state index contributed by atoms with van der Waals surface area (Å²) in [6.45, 7) is 0. The molecule has 1 nitrogen and oxygen atoms in total. The molecule has 0 atom stereocenters. The Labute approximate surface area is 174 Å². The molecule has 1 aliphatic carbocycles. The predicted octanol–water partition coefficient (Wildman–Crippen LogP) is 7.15. The molecular formula is C29H18O. The molecule has 0 aliphatic heterocycles. The Morgan fingerprint density at radius 3 is 1.83 bits per heavy atom. The minimum atomic E-state index is 0.101. The lowest BCUT2D eigenvalue weighted by Crippen LogP contribution is -1.98. The number of rotatable bonds is 2. The Morgan fingerprint density at radius 2 is 1.03 bits per heavy atom. The molecule has 0 spiro atoms. The van der Waals surface area contributed by atoms with Crippen LogP contribution in [-0.4, -0.2) is 5.78 Å². The topological polar surface area (TPSA) is 17.1 Å². The first-order valence-corrected chi connectivity index (χ1v) is 10.2. The van der Waals surface area contributed by atoms with E-state index in [-0.39, 0.29) is 5.78 Å². The van der Waals surface area contributed by atoms with Crippen LogP contribution in [0.3, 0.4) is 0 Å². The number of fused-ring (bicyclic) bond motifs is 4. The van der Waals surface area contributed by atoms with Crippen LogP contribution in [0.5, 0.6) is 0 Å². The molecule has 0 radical (unpaired) electrons. The van der Waals surface area contributed by atoms with E-state index in [1.807, 2.05) is 48.5 Å². The lowest BCUT2D eigenvalue weighted by molar-refractivity contribution is 0.105. The zero-order valence-electron chi connectivity index (χ0n) is 16.3. The molecular weight excluding hydrogens is 364 g/mol. The predicted molar refractivity (Wildman–Crippen MR) is 125 cm³/mol. The SMILES string of the molecule is O=C1C(c2ccccc2)=C(c2cc3ccccc3c3ccccc23)c2ccccc21. The standard InChI is InChI=1S/C29H18O/c30-29-25-17-9-8-16-24(25)28(27(29)19-10-2-1-3-11-19)26-18-20-12-4-5-13-21(20)22-14-6-7-15-23(22)26/h1-18H. The number of hydrogen-bond acceptors (Lipinski definition) is 1. The third-order valence-corrected chi connectivity index (χ3v) is 6.02. The van der Waals surface area contributed by atoms with Crippen LogP contribution in [0.2, 0.25) is 0 Å². The molecule has 0 fully saturated rings. The summed E-state index contributed by atoms with van der Waals surface area (Å²) in [6.07, 6.45) is 0. The Balaban J connectivity index is 1.79. The normalized spacial score (nSPS) is 13.3. The number of carbonyl (C=O) groups is 1. The average molecular weight is 382 g/mol. The maximum Gasteiger partial charge on any atom is 0.194 e. The maximum atomic E-state index is 13.5. The van der Waals surface area contributed by atoms with E-state index >= 15 is 0 Å². The lowest BCUT2D eigenvalue weighted by atomic mass is 9.88. The largest absolute Gasteiger partial charge is 0.289 e. The van der Waals surface area contributed by atoms with Crippen molar-refractivity contribution in [3.63, 3.8) is 0 Å². The second-order valence-electron chi connectivity index (χ2n) is 7.68. The molecule has 0 unspecified atom stereocenters. The molecule has 30 heavy (non-hydrogen) atoms. The number of carbonyl (C=O) groups excluding carboxylic acids is 1. The van der Waals surface area contributed by atoms with E-state index < -0.39 is 0 Å². The molecule has 1 heteroatoms. The third kappa shape index (κ3) is 2.39. The van der Waals surface area contributed by atoms with E-state index in [0.29, 0.717) is 0 Å². The van der Waals surface area contributed by atoms with Crippen LogP contribution in [-0.2, 0) is 0 Å². The summed E-state index contributed by atoms with van der Waals surface area (Å²) in [5, 5.41) is 4.80. The number of hydrogen-bond donors (Lipinski definition) is 0. The minimum absolute atomic E-state index is 0.101. The van der Waals surface area contributed by atoms with Gasteiger partial charge in [-0.25, -0.2) is 0 Å². The fourth-order valence-corrected chi connectivity index (χ4v) is 4.70. The first-order valence-electron chi connectivity index (χ1n) is 10.2. The van der Waals surface area contributed by atoms with Gasteiger partial charge in [0.05, 0.1) is 0 Å². The molecule has 0 N–H and O–H groups in total. The molecule has 0 aromatic heterocycles. The van der Waals surface area contributed by atoms with Crippen LogP contribution in [0.1, 0.15) is 27.0 Å². The minimum Gasteiger partial charge on any atom is -0.289 e. The van der Waals surface area contributed by atoms with Crippen molar-refractivity contribution in [3.05, 3.63) is 131 Å². The quantitative estimate of drug-likeness (QED) is 0.296. The summed E-state index contributed by atoms with van der Waals surface area (Å²) in [6, 6.07) is 37.2. The van der Waals surface area contributed by atoms with Crippen LogP contribution in [0.25, 0.3) is 32.7 Å². The average Bonchev–Trinajstić information content (AvgIpc) is 3.11. The molecule has 6 rings (SSSR count). The summed E-state index contributed by atoms with van der Waals surface area (Å²) in [5.74, 6) is 0.101. The molecule has 0 saturated heterocycles. The summed E-state index contributed by atoms with van der Waals surface area (Å²) in [4.78, 5) is 13.5. The number of Topliss-reactive ketones (excluding diaryl/α,β-unsaturated/α-hetero) is 1. The highest BCUT2D eigenvalue weighted by Gasteiger charge is 2.31. The van der Waals surface area contributed by atoms with E-state index in [4.69, 9.17) is 0 Å². The van der Waals surface area contributed by atoms with Gasteiger partial charge < -0.3 is 0 Å². The highest BCUT2D eigenvalue weighted by Crippen LogP contribution is 2.45. The monoisotopic (exact) mass is 382 g/mol. The molecule has 1 aliphatic rings. The maximum absolute atomic E-state index is 13.5. The van der Waals surface area contributed by atoms with Gasteiger partial charge in [0.1, 0.15) is 0 Å². The van der Waals surface area contributed by atoms with Crippen molar-refractivity contribution >= 4 is 38.5 Å². The molecule has 0 saturated carbocycles. The third-order valence-electron chi connectivity index (χ3n) is 6.02. The Bertz CT molecular complexity index is 1490. The van der Waals surface area contributed by atoms with Crippen molar-refractivity contribution in [1.29, 1.82) is 0 Å². The second-order valence-corrected chi connectivity index (χ2v) is 7.68.